The number of hydrogen-bond donors (Lipinski definition) is 4. The van der Waals surface area contributed by atoms with Crippen LogP contribution in [-0.4, -0.2) is 126 Å². The predicted molar refractivity (Wildman–Crippen MR) is 271 cm³/mol. The Labute approximate surface area is 414 Å². The Balaban J connectivity index is 0.797. The number of pyridine rings is 1. The Hall–Kier alpha value is -5.75. The highest BCUT2D eigenvalue weighted by Gasteiger charge is 2.37. The maximum Gasteiger partial charge on any atom is 0.234 e. The molecule has 4 N–H and O–H groups in total. The summed E-state index contributed by atoms with van der Waals surface area (Å²) >= 11 is 3.59. The van der Waals surface area contributed by atoms with Gasteiger partial charge in [0.05, 0.1) is 52.6 Å². The number of carbonyl (C=O) groups excluding carboxylic acids is 3. The molecular formula is C50H58BrF2N10O6P. The third kappa shape index (κ3) is 10.2. The number of aliphatic hydroxyl groups is 1. The Bertz CT molecular complexity index is 2870. The summed E-state index contributed by atoms with van der Waals surface area (Å²) in [6.07, 6.45) is 5.04. The number of nitrogens with zero attached hydrogens (tertiary/aromatic N) is 7. The van der Waals surface area contributed by atoms with Crippen molar-refractivity contribution in [2.45, 2.75) is 64.0 Å². The minimum atomic E-state index is -2.82. The van der Waals surface area contributed by atoms with Crippen LogP contribution in [0.5, 0.6) is 5.75 Å². The van der Waals surface area contributed by atoms with Crippen molar-refractivity contribution >= 4 is 91.5 Å². The zero-order valence-corrected chi connectivity index (χ0v) is 42.2. The number of nitrogens with one attached hydrogen (secondary N) is 3. The van der Waals surface area contributed by atoms with E-state index in [1.807, 2.05) is 28.0 Å². The summed E-state index contributed by atoms with van der Waals surface area (Å²) in [6.45, 7) is 10.8. The van der Waals surface area contributed by atoms with Crippen molar-refractivity contribution in [3.8, 4) is 5.75 Å². The van der Waals surface area contributed by atoms with Gasteiger partial charge in [-0.2, -0.15) is 4.98 Å². The number of hydrogen-bond acceptors (Lipinski definition) is 14. The molecule has 0 aliphatic carbocycles. The highest BCUT2D eigenvalue weighted by Crippen LogP contribution is 2.43. The molecule has 3 amide bonds. The molecule has 2 atom stereocenters. The quantitative estimate of drug-likeness (QED) is 0.0697. The second-order valence-electron chi connectivity index (χ2n) is 18.9. The Morgan fingerprint density at radius 2 is 1.64 bits per heavy atom. The molecule has 2 unspecified atom stereocenters. The molecule has 20 heteroatoms. The highest BCUT2D eigenvalue weighted by molar-refractivity contribution is 9.10. The third-order valence-electron chi connectivity index (χ3n) is 14.1. The smallest absolute Gasteiger partial charge is 0.234 e. The second-order valence-corrected chi connectivity index (χ2v) is 22.9. The van der Waals surface area contributed by atoms with Gasteiger partial charge in [-0.1, -0.05) is 13.0 Å². The minimum absolute atomic E-state index is 0.0231. The van der Waals surface area contributed by atoms with Gasteiger partial charge in [-0.05, 0) is 103 Å². The molecule has 4 aliphatic heterocycles. The molecule has 2 aromatic heterocycles. The van der Waals surface area contributed by atoms with E-state index in [1.54, 1.807) is 32.7 Å². The van der Waals surface area contributed by atoms with E-state index in [0.29, 0.717) is 88.5 Å². The van der Waals surface area contributed by atoms with Crippen molar-refractivity contribution in [2.24, 2.45) is 5.92 Å². The number of ether oxygens (including phenoxy) is 1. The van der Waals surface area contributed by atoms with Gasteiger partial charge in [0.25, 0.3) is 0 Å². The summed E-state index contributed by atoms with van der Waals surface area (Å²) < 4.78 is 50.9. The number of aromatic nitrogens is 3. The Kier molecular flexibility index (Phi) is 14.4. The molecule has 0 spiro atoms. The lowest BCUT2D eigenvalue weighted by molar-refractivity contribution is -0.137. The molecule has 4 saturated heterocycles. The first kappa shape index (κ1) is 49.2. The molecule has 16 nitrogen and oxygen atoms in total. The number of methoxy groups -OCH3 is 1. The van der Waals surface area contributed by atoms with Crippen LogP contribution in [-0.2, 0) is 32.0 Å². The molecule has 4 aliphatic rings. The second kappa shape index (κ2) is 20.5. The van der Waals surface area contributed by atoms with Crippen LogP contribution < -0.4 is 35.8 Å². The van der Waals surface area contributed by atoms with Crippen molar-refractivity contribution in [3.05, 3.63) is 87.7 Å². The van der Waals surface area contributed by atoms with Crippen molar-refractivity contribution in [3.63, 3.8) is 0 Å². The van der Waals surface area contributed by atoms with Gasteiger partial charge >= 0.3 is 0 Å². The van der Waals surface area contributed by atoms with E-state index >= 15 is 8.78 Å². The fourth-order valence-corrected chi connectivity index (χ4v) is 12.3. The van der Waals surface area contributed by atoms with Gasteiger partial charge in [-0.3, -0.25) is 29.6 Å². The van der Waals surface area contributed by atoms with E-state index < -0.39 is 36.5 Å². The predicted octanol–water partition coefficient (Wildman–Crippen LogP) is 7.02. The number of piperidine rings is 2. The van der Waals surface area contributed by atoms with Crippen LogP contribution in [0.4, 0.5) is 43.3 Å². The monoisotopic (exact) mass is 1040 g/mol. The zero-order chi connectivity index (χ0) is 49.4. The first-order valence-electron chi connectivity index (χ1n) is 23.8. The van der Waals surface area contributed by atoms with Crippen LogP contribution in [0.1, 0.15) is 61.8 Å². The molecule has 3 aromatic carbocycles. The largest absolute Gasteiger partial charge is 0.494 e. The maximum absolute atomic E-state index is 15.3. The number of rotatable bonds is 13. The van der Waals surface area contributed by atoms with Crippen molar-refractivity contribution in [1.29, 1.82) is 0 Å². The number of benzene rings is 3. The number of carbonyl (C=O) groups is 3. The number of piperazine rings is 1. The molecule has 0 radical (unpaired) electrons. The Morgan fingerprint density at radius 1 is 0.914 bits per heavy atom. The lowest BCUT2D eigenvalue weighted by atomic mass is 9.89. The van der Waals surface area contributed by atoms with Gasteiger partial charge in [0.1, 0.15) is 30.3 Å². The molecule has 0 saturated carbocycles. The van der Waals surface area contributed by atoms with E-state index in [2.05, 4.69) is 70.7 Å². The fourth-order valence-electron chi connectivity index (χ4n) is 10.5. The summed E-state index contributed by atoms with van der Waals surface area (Å²) in [6, 6.07) is 14.3. The highest BCUT2D eigenvalue weighted by atomic mass is 79.9. The normalized spacial score (nSPS) is 19.5. The van der Waals surface area contributed by atoms with E-state index in [0.717, 1.165) is 67.8 Å². The average molecular weight is 1040 g/mol. The first-order chi connectivity index (χ1) is 33.6. The number of imide groups is 1. The zero-order valence-electron chi connectivity index (χ0n) is 39.7. The van der Waals surface area contributed by atoms with Gasteiger partial charge < -0.3 is 39.7 Å². The summed E-state index contributed by atoms with van der Waals surface area (Å²) in [7, 11) is -1.18. The van der Waals surface area contributed by atoms with Crippen LogP contribution in [0.15, 0.2) is 59.2 Å². The number of aliphatic hydroxyl groups excluding tert-OH is 1. The average Bonchev–Trinajstić information content (AvgIpc) is 3.85. The van der Waals surface area contributed by atoms with E-state index in [4.69, 9.17) is 9.72 Å². The summed E-state index contributed by atoms with van der Waals surface area (Å²) in [5.41, 5.74) is 4.80. The molecule has 70 heavy (non-hydrogen) atoms. The van der Waals surface area contributed by atoms with E-state index in [9.17, 15) is 24.1 Å². The molecule has 5 aromatic rings. The fraction of sp³-hybridized carbons (Fsp3) is 0.440. The van der Waals surface area contributed by atoms with Crippen molar-refractivity contribution < 1.29 is 37.6 Å². The van der Waals surface area contributed by atoms with Crippen LogP contribution in [0.3, 0.4) is 0 Å². The molecule has 370 valence electrons. The van der Waals surface area contributed by atoms with Gasteiger partial charge in [0.15, 0.2) is 0 Å². The topological polar surface area (TPSA) is 185 Å². The number of amides is 3. The first-order valence-corrected chi connectivity index (χ1v) is 27.2. The van der Waals surface area contributed by atoms with Gasteiger partial charge in [0, 0.05) is 105 Å². The number of halogens is 3. The standard InChI is InChI=1S/C50H58BrF2N10O6P/c1-5-29-22-41(57-50-54-26-36(51)47(59-50)56-40-10-9-39-34(46(40)70(3,4)68)7-6-31(28-64)55-39)43(69-2)25-42(29)61-16-13-32(14-17-61)60-18-20-62(21-19-60)49(67)30-12-15-63(27-30)33-23-37(52)45(38(53)24-33)35-8-11-44(65)58-48(35)66/h6-7,9-10,22-26,30,32,35,64H,5,8,11-21,27-28H2,1-4H3,(H,58,65,66)(H2,54,56,57,59). The van der Waals surface area contributed by atoms with Gasteiger partial charge in [0.2, 0.25) is 23.7 Å². The summed E-state index contributed by atoms with van der Waals surface area (Å²) in [5.74, 6) is -2.61. The van der Waals surface area contributed by atoms with Gasteiger partial charge in [-0.25, -0.2) is 13.8 Å². The maximum atomic E-state index is 15.3. The SMILES string of the molecule is CCc1cc(Nc2ncc(Br)c(Nc3ccc4nc(CO)ccc4c3P(C)(C)=O)n2)c(OC)cc1N1CCC(N2CCN(C(=O)C3CCN(c4cc(F)c(C5CCC(=O)NC5=O)c(F)c4)C3)CC2)CC1. The lowest BCUT2D eigenvalue weighted by Crippen LogP contribution is -2.55. The van der Waals surface area contributed by atoms with Crippen molar-refractivity contribution in [1.82, 2.24) is 30.1 Å². The molecule has 6 heterocycles. The third-order valence-corrected chi connectivity index (χ3v) is 16.3. The van der Waals surface area contributed by atoms with Crippen LogP contribution in [0, 0.1) is 17.6 Å². The molecule has 9 rings (SSSR count). The number of anilines is 6. The lowest BCUT2D eigenvalue weighted by Gasteiger charge is -2.44. The number of fused-ring (bicyclic) bond motifs is 1. The Morgan fingerprint density at radius 3 is 2.31 bits per heavy atom. The van der Waals surface area contributed by atoms with E-state index in [-0.39, 0.29) is 36.8 Å². The van der Waals surface area contributed by atoms with Crippen molar-refractivity contribution in [2.75, 3.05) is 93.2 Å². The molecular weight excluding hydrogens is 985 g/mol. The summed E-state index contributed by atoms with van der Waals surface area (Å²) in [5, 5.41) is 19.9. The van der Waals surface area contributed by atoms with Gasteiger partial charge in [-0.15, -0.1) is 0 Å². The molecule has 0 bridgehead atoms. The molecule has 4 fully saturated rings. The summed E-state index contributed by atoms with van der Waals surface area (Å²) in [4.78, 5) is 60.3. The number of aryl methyl sites for hydroxylation is 1. The van der Waals surface area contributed by atoms with Crippen LogP contribution in [0.2, 0.25) is 0 Å². The van der Waals surface area contributed by atoms with E-state index in [1.165, 1.54) is 12.1 Å². The van der Waals surface area contributed by atoms with Crippen LogP contribution in [0.25, 0.3) is 10.9 Å². The van der Waals surface area contributed by atoms with Crippen LogP contribution >= 0.6 is 23.1 Å². The minimum Gasteiger partial charge on any atom is -0.494 e.